The molecule has 2 aliphatic heterocycles. The first-order valence-electron chi connectivity index (χ1n) is 15.7. The maximum atomic E-state index is 12.5. The predicted molar refractivity (Wildman–Crippen MR) is 163 cm³/mol. The second-order valence-corrected chi connectivity index (χ2v) is 11.9. The molecule has 214 valence electrons. The van der Waals surface area contributed by atoms with Gasteiger partial charge < -0.3 is 23.8 Å². The van der Waals surface area contributed by atoms with Crippen molar-refractivity contribution >= 4 is 22.6 Å². The van der Waals surface area contributed by atoms with Crippen LogP contribution in [0.5, 0.6) is 5.75 Å². The highest BCUT2D eigenvalue weighted by Crippen LogP contribution is 2.49. The zero-order valence-electron chi connectivity index (χ0n) is 24.4. The summed E-state index contributed by atoms with van der Waals surface area (Å²) in [6.07, 6.45) is 11.4. The molecule has 3 heterocycles. The molecule has 0 spiro atoms. The minimum absolute atomic E-state index is 0.284. The number of aromatic nitrogens is 1. The summed E-state index contributed by atoms with van der Waals surface area (Å²) in [5.41, 5.74) is 6.90. The van der Waals surface area contributed by atoms with Gasteiger partial charge >= 0.3 is 5.97 Å². The molecule has 1 aliphatic carbocycles. The van der Waals surface area contributed by atoms with E-state index in [4.69, 9.17) is 9.47 Å². The molecule has 0 N–H and O–H groups in total. The Morgan fingerprint density at radius 3 is 2.58 bits per heavy atom. The fraction of sp³-hybridized carbons (Fsp3) is 0.559. The molecule has 1 saturated carbocycles. The van der Waals surface area contributed by atoms with Crippen LogP contribution < -0.4 is 9.64 Å². The van der Waals surface area contributed by atoms with Crippen molar-refractivity contribution in [3.05, 3.63) is 47.5 Å². The smallest absolute Gasteiger partial charge is 0.337 e. The number of carbonyl (C=O) groups is 1. The number of carbonyl (C=O) groups excluding carboxylic acids is 1. The molecule has 0 bridgehead atoms. The predicted octanol–water partition coefficient (Wildman–Crippen LogP) is 7.24. The second kappa shape index (κ2) is 12.3. The van der Waals surface area contributed by atoms with Gasteiger partial charge in [-0.1, -0.05) is 44.7 Å². The third-order valence-electron chi connectivity index (χ3n) is 9.32. The number of benzene rings is 2. The fourth-order valence-electron chi connectivity index (χ4n) is 7.37. The topological polar surface area (TPSA) is 46.9 Å². The number of para-hydroxylation sites is 1. The molecule has 2 aromatic carbocycles. The molecule has 0 radical (unpaired) electrons. The first kappa shape index (κ1) is 27.2. The highest BCUT2D eigenvalue weighted by molar-refractivity contribution is 5.99. The molecule has 6 heteroatoms. The molecule has 40 heavy (non-hydrogen) atoms. The van der Waals surface area contributed by atoms with Crippen LogP contribution in [0.15, 0.2) is 36.4 Å². The minimum atomic E-state index is -0.284. The van der Waals surface area contributed by atoms with Crippen LogP contribution in [-0.4, -0.2) is 61.9 Å². The zero-order valence-corrected chi connectivity index (χ0v) is 24.4. The zero-order chi connectivity index (χ0) is 27.5. The van der Waals surface area contributed by atoms with Crippen LogP contribution in [0.1, 0.15) is 86.6 Å². The van der Waals surface area contributed by atoms with E-state index in [2.05, 4.69) is 45.6 Å². The Hall–Kier alpha value is -2.99. The summed E-state index contributed by atoms with van der Waals surface area (Å²) in [6.45, 7) is 9.24. The van der Waals surface area contributed by atoms with Crippen molar-refractivity contribution in [3.8, 4) is 17.0 Å². The number of nitrogens with zero attached hydrogens (tertiary/aromatic N) is 3. The third-order valence-corrected chi connectivity index (χ3v) is 9.32. The standard InChI is InChI=1S/C34H45N3O3/c1-3-17-36(21-20-35-18-8-5-9-19-35)29-14-10-13-28-32-31(25-11-6-4-7-12-25)27-16-15-26(34(38)39-2)24-30(27)37(32)22-23-40-33(28)29/h10,13-16,24-25H,3-9,11-12,17-23H2,1-2H3. The lowest BCUT2D eigenvalue weighted by Gasteiger charge is -2.32. The van der Waals surface area contributed by atoms with Gasteiger partial charge in [0.05, 0.1) is 30.6 Å². The van der Waals surface area contributed by atoms with Gasteiger partial charge in [-0.2, -0.15) is 0 Å². The van der Waals surface area contributed by atoms with Gasteiger partial charge in [-0.05, 0) is 80.9 Å². The number of anilines is 1. The lowest BCUT2D eigenvalue weighted by Crippen LogP contribution is -2.38. The van der Waals surface area contributed by atoms with E-state index in [1.807, 2.05) is 12.1 Å². The van der Waals surface area contributed by atoms with Crippen molar-refractivity contribution in [3.63, 3.8) is 0 Å². The van der Waals surface area contributed by atoms with E-state index < -0.39 is 0 Å². The summed E-state index contributed by atoms with van der Waals surface area (Å²) in [6, 6.07) is 12.9. The van der Waals surface area contributed by atoms with Crippen LogP contribution in [-0.2, 0) is 11.3 Å². The van der Waals surface area contributed by atoms with Gasteiger partial charge in [-0.3, -0.25) is 0 Å². The quantitative estimate of drug-likeness (QED) is 0.280. The Bertz CT molecular complexity index is 1330. The molecule has 1 saturated heterocycles. The monoisotopic (exact) mass is 543 g/mol. The lowest BCUT2D eigenvalue weighted by atomic mass is 9.81. The number of methoxy groups -OCH3 is 1. The molecule has 6 nitrogen and oxygen atoms in total. The summed E-state index contributed by atoms with van der Waals surface area (Å²) in [5, 5.41) is 1.28. The molecular weight excluding hydrogens is 498 g/mol. The summed E-state index contributed by atoms with van der Waals surface area (Å²) in [5.74, 6) is 1.27. The maximum absolute atomic E-state index is 12.5. The first-order valence-corrected chi connectivity index (χ1v) is 15.7. The number of hydrogen-bond acceptors (Lipinski definition) is 5. The fourth-order valence-corrected chi connectivity index (χ4v) is 7.37. The van der Waals surface area contributed by atoms with E-state index in [0.717, 1.165) is 43.9 Å². The Kier molecular flexibility index (Phi) is 8.33. The van der Waals surface area contributed by atoms with Gasteiger partial charge in [0.25, 0.3) is 0 Å². The van der Waals surface area contributed by atoms with Gasteiger partial charge in [-0.15, -0.1) is 0 Å². The Labute approximate surface area is 239 Å². The summed E-state index contributed by atoms with van der Waals surface area (Å²) < 4.78 is 14.2. The van der Waals surface area contributed by atoms with Gasteiger partial charge in [0, 0.05) is 36.1 Å². The Morgan fingerprint density at radius 2 is 1.80 bits per heavy atom. The first-order chi connectivity index (χ1) is 19.7. The van der Waals surface area contributed by atoms with Crippen LogP contribution in [0.25, 0.3) is 22.2 Å². The van der Waals surface area contributed by atoms with E-state index in [0.29, 0.717) is 18.1 Å². The van der Waals surface area contributed by atoms with Gasteiger partial charge in [0.2, 0.25) is 0 Å². The van der Waals surface area contributed by atoms with E-state index in [1.165, 1.54) is 99.5 Å². The minimum Gasteiger partial charge on any atom is -0.489 e. The van der Waals surface area contributed by atoms with E-state index in [-0.39, 0.29) is 5.97 Å². The van der Waals surface area contributed by atoms with Crippen molar-refractivity contribution in [2.45, 2.75) is 77.2 Å². The summed E-state index contributed by atoms with van der Waals surface area (Å²) >= 11 is 0. The van der Waals surface area contributed by atoms with E-state index in [9.17, 15) is 4.79 Å². The molecule has 1 aromatic heterocycles. The van der Waals surface area contributed by atoms with Crippen LogP contribution in [0.2, 0.25) is 0 Å². The number of fused-ring (bicyclic) bond motifs is 5. The summed E-state index contributed by atoms with van der Waals surface area (Å²) in [7, 11) is 1.46. The highest BCUT2D eigenvalue weighted by Gasteiger charge is 2.31. The normalized spacial score (nSPS) is 18.1. The van der Waals surface area contributed by atoms with Crippen molar-refractivity contribution in [2.75, 3.05) is 51.3 Å². The van der Waals surface area contributed by atoms with Crippen LogP contribution in [0.3, 0.4) is 0 Å². The average molecular weight is 544 g/mol. The molecule has 0 unspecified atom stereocenters. The molecule has 3 aliphatic rings. The molecule has 0 atom stereocenters. The van der Waals surface area contributed by atoms with Gasteiger partial charge in [0.15, 0.2) is 5.75 Å². The lowest BCUT2D eigenvalue weighted by molar-refractivity contribution is 0.0601. The van der Waals surface area contributed by atoms with Crippen LogP contribution in [0.4, 0.5) is 5.69 Å². The second-order valence-electron chi connectivity index (χ2n) is 11.9. The van der Waals surface area contributed by atoms with Crippen molar-refractivity contribution in [1.82, 2.24) is 9.47 Å². The third kappa shape index (κ3) is 5.23. The molecule has 3 aromatic rings. The van der Waals surface area contributed by atoms with Crippen molar-refractivity contribution in [2.24, 2.45) is 0 Å². The molecule has 0 amide bonds. The SMILES string of the molecule is CCCN(CCN1CCCCC1)c1cccc2c1OCCn1c-2c(C2CCCCC2)c2ccc(C(=O)OC)cc21. The van der Waals surface area contributed by atoms with E-state index >= 15 is 0 Å². The number of rotatable bonds is 8. The van der Waals surface area contributed by atoms with Gasteiger partial charge in [0.1, 0.15) is 6.61 Å². The Balaban J connectivity index is 1.47. The van der Waals surface area contributed by atoms with Crippen LogP contribution in [0, 0.1) is 0 Å². The summed E-state index contributed by atoms with van der Waals surface area (Å²) in [4.78, 5) is 17.7. The van der Waals surface area contributed by atoms with Crippen LogP contribution >= 0.6 is 0 Å². The number of esters is 1. The number of ether oxygens (including phenoxy) is 2. The average Bonchev–Trinajstić information content (AvgIpc) is 3.20. The maximum Gasteiger partial charge on any atom is 0.337 e. The molecular formula is C34H45N3O3. The number of likely N-dealkylation sites (tertiary alicyclic amines) is 1. The van der Waals surface area contributed by atoms with Crippen molar-refractivity contribution < 1.29 is 14.3 Å². The molecule has 2 fully saturated rings. The van der Waals surface area contributed by atoms with Gasteiger partial charge in [-0.25, -0.2) is 4.79 Å². The highest BCUT2D eigenvalue weighted by atomic mass is 16.5. The molecule has 6 rings (SSSR count). The van der Waals surface area contributed by atoms with E-state index in [1.54, 1.807) is 0 Å². The largest absolute Gasteiger partial charge is 0.489 e. The number of piperidine rings is 1. The Morgan fingerprint density at radius 1 is 1.00 bits per heavy atom. The van der Waals surface area contributed by atoms with Crippen molar-refractivity contribution in [1.29, 1.82) is 0 Å². The number of hydrogen-bond donors (Lipinski definition) is 0.